The third-order valence-electron chi connectivity index (χ3n) is 5.14. The van der Waals surface area contributed by atoms with Crippen LogP contribution in [0.2, 0.25) is 0 Å². The van der Waals surface area contributed by atoms with Crippen LogP contribution in [-0.2, 0) is 37.9 Å². The van der Waals surface area contributed by atoms with E-state index in [-0.39, 0.29) is 0 Å². The molecule has 0 aromatic carbocycles. The Morgan fingerprint density at radius 2 is 0.429 bits per heavy atom. The van der Waals surface area contributed by atoms with Crippen molar-refractivity contribution in [3.8, 4) is 0 Å². The molecule has 0 radical (unpaired) electrons. The molecular weight excluding hydrogens is 452 g/mol. The highest BCUT2D eigenvalue weighted by Gasteiger charge is 1.96. The molecule has 212 valence electrons. The first-order chi connectivity index (χ1) is 17.4. The van der Waals surface area contributed by atoms with Crippen molar-refractivity contribution in [2.24, 2.45) is 0 Å². The van der Waals surface area contributed by atoms with E-state index in [1.54, 1.807) is 0 Å². The third kappa shape index (κ3) is 33.7. The van der Waals surface area contributed by atoms with Gasteiger partial charge in [-0.3, -0.25) is 0 Å². The lowest BCUT2D eigenvalue weighted by molar-refractivity contribution is -0.0232. The van der Waals surface area contributed by atoms with Gasteiger partial charge in [0.25, 0.3) is 0 Å². The predicted octanol–water partition coefficient (Wildman–Crippen LogP) is 4.67. The molecule has 0 heterocycles. The van der Waals surface area contributed by atoms with Gasteiger partial charge in [0.2, 0.25) is 0 Å². The van der Waals surface area contributed by atoms with Crippen LogP contribution < -0.4 is 0 Å². The first kappa shape index (κ1) is 34.7. The second-order valence-corrected chi connectivity index (χ2v) is 8.37. The van der Waals surface area contributed by atoms with Gasteiger partial charge >= 0.3 is 0 Å². The number of unbranched alkanes of at least 4 members (excludes halogenated alkanes) is 7. The van der Waals surface area contributed by atoms with E-state index in [1.807, 2.05) is 0 Å². The van der Waals surface area contributed by atoms with Gasteiger partial charge < -0.3 is 37.9 Å². The van der Waals surface area contributed by atoms with E-state index in [2.05, 4.69) is 13.8 Å². The Hall–Kier alpha value is -0.320. The van der Waals surface area contributed by atoms with Crippen LogP contribution in [0.3, 0.4) is 0 Å². The second-order valence-electron chi connectivity index (χ2n) is 8.37. The van der Waals surface area contributed by atoms with Crippen LogP contribution in [0.15, 0.2) is 0 Å². The molecule has 0 spiro atoms. The van der Waals surface area contributed by atoms with Crippen molar-refractivity contribution in [1.29, 1.82) is 0 Å². The van der Waals surface area contributed by atoms with E-state index in [1.165, 1.54) is 44.9 Å². The third-order valence-corrected chi connectivity index (χ3v) is 5.14. The van der Waals surface area contributed by atoms with Crippen molar-refractivity contribution in [2.75, 3.05) is 106 Å². The summed E-state index contributed by atoms with van der Waals surface area (Å²) in [5.74, 6) is 0. The Morgan fingerprint density at radius 3 is 0.686 bits per heavy atom. The van der Waals surface area contributed by atoms with E-state index in [0.29, 0.717) is 92.5 Å². The summed E-state index contributed by atoms with van der Waals surface area (Å²) in [6.45, 7) is 14.3. The Labute approximate surface area is 215 Å². The minimum absolute atomic E-state index is 0.553. The molecule has 8 heteroatoms. The fraction of sp³-hybridized carbons (Fsp3) is 1.00. The molecule has 0 saturated heterocycles. The van der Waals surface area contributed by atoms with Gasteiger partial charge in [-0.25, -0.2) is 0 Å². The zero-order valence-electron chi connectivity index (χ0n) is 22.9. The van der Waals surface area contributed by atoms with Crippen molar-refractivity contribution in [3.05, 3.63) is 0 Å². The molecule has 0 unspecified atom stereocenters. The standard InChI is InChI=1S/C27H56O8/c1-3-5-7-9-11-13-29-15-17-31-19-21-33-23-25-35-27-26-34-24-22-32-20-18-30-16-14-28-12-10-8-6-4-2/h3-27H2,1-2H3. The van der Waals surface area contributed by atoms with Gasteiger partial charge in [0.05, 0.1) is 92.5 Å². The van der Waals surface area contributed by atoms with Crippen LogP contribution >= 0.6 is 0 Å². The van der Waals surface area contributed by atoms with E-state index in [4.69, 9.17) is 37.9 Å². The lowest BCUT2D eigenvalue weighted by Gasteiger charge is -2.08. The van der Waals surface area contributed by atoms with Gasteiger partial charge in [-0.1, -0.05) is 58.8 Å². The van der Waals surface area contributed by atoms with Crippen LogP contribution in [0.5, 0.6) is 0 Å². The highest BCUT2D eigenvalue weighted by atomic mass is 16.6. The lowest BCUT2D eigenvalue weighted by atomic mass is 10.2. The first-order valence-corrected chi connectivity index (χ1v) is 14.0. The molecule has 0 aliphatic heterocycles. The molecule has 0 aliphatic rings. The maximum Gasteiger partial charge on any atom is 0.0701 e. The summed E-state index contributed by atoms with van der Waals surface area (Å²) in [4.78, 5) is 0. The molecule has 0 aromatic heterocycles. The van der Waals surface area contributed by atoms with Crippen molar-refractivity contribution in [1.82, 2.24) is 0 Å². The molecule has 0 bridgehead atoms. The highest BCUT2D eigenvalue weighted by Crippen LogP contribution is 2.02. The van der Waals surface area contributed by atoms with Crippen LogP contribution in [0.25, 0.3) is 0 Å². The predicted molar refractivity (Wildman–Crippen MR) is 139 cm³/mol. The minimum Gasteiger partial charge on any atom is -0.379 e. The van der Waals surface area contributed by atoms with E-state index in [0.717, 1.165) is 26.1 Å². The summed E-state index contributed by atoms with van der Waals surface area (Å²) < 4.78 is 43.9. The molecule has 0 amide bonds. The van der Waals surface area contributed by atoms with Gasteiger partial charge in [-0.05, 0) is 12.8 Å². The fourth-order valence-corrected chi connectivity index (χ4v) is 3.08. The van der Waals surface area contributed by atoms with E-state index < -0.39 is 0 Å². The minimum atomic E-state index is 0.553. The summed E-state index contributed by atoms with van der Waals surface area (Å²) in [5.41, 5.74) is 0. The van der Waals surface area contributed by atoms with Crippen LogP contribution in [0, 0.1) is 0 Å². The Bertz CT molecular complexity index is 328. The maximum absolute atomic E-state index is 5.55. The van der Waals surface area contributed by atoms with Gasteiger partial charge in [0.1, 0.15) is 0 Å². The lowest BCUT2D eigenvalue weighted by Crippen LogP contribution is -2.15. The molecule has 8 nitrogen and oxygen atoms in total. The van der Waals surface area contributed by atoms with Crippen LogP contribution in [0.4, 0.5) is 0 Å². The molecule has 0 atom stereocenters. The number of hydrogen-bond donors (Lipinski definition) is 0. The Kier molecular flexibility index (Phi) is 33.4. The van der Waals surface area contributed by atoms with Gasteiger partial charge in [-0.2, -0.15) is 0 Å². The fourth-order valence-electron chi connectivity index (χ4n) is 3.08. The molecule has 0 N–H and O–H groups in total. The molecule has 0 saturated carbocycles. The summed E-state index contributed by atoms with van der Waals surface area (Å²) in [6, 6.07) is 0. The quantitative estimate of drug-likeness (QED) is 0.121. The molecular formula is C27H56O8. The van der Waals surface area contributed by atoms with Gasteiger partial charge in [0.15, 0.2) is 0 Å². The molecule has 35 heavy (non-hydrogen) atoms. The highest BCUT2D eigenvalue weighted by molar-refractivity contribution is 4.42. The SMILES string of the molecule is CCCCCCCOCCOCCOCCOCCOCCOCCOCCOCCCCCC. The number of hydrogen-bond acceptors (Lipinski definition) is 8. The van der Waals surface area contributed by atoms with Crippen LogP contribution in [0.1, 0.15) is 71.6 Å². The monoisotopic (exact) mass is 508 g/mol. The number of ether oxygens (including phenoxy) is 8. The Morgan fingerprint density at radius 1 is 0.229 bits per heavy atom. The van der Waals surface area contributed by atoms with Gasteiger partial charge in [-0.15, -0.1) is 0 Å². The largest absolute Gasteiger partial charge is 0.379 e. The molecule has 0 aromatic rings. The number of rotatable bonds is 32. The average molecular weight is 509 g/mol. The topological polar surface area (TPSA) is 73.8 Å². The smallest absolute Gasteiger partial charge is 0.0701 e. The summed E-state index contributed by atoms with van der Waals surface area (Å²) in [7, 11) is 0. The first-order valence-electron chi connectivity index (χ1n) is 14.0. The van der Waals surface area contributed by atoms with Crippen LogP contribution in [-0.4, -0.2) is 106 Å². The molecule has 0 fully saturated rings. The second kappa shape index (κ2) is 33.7. The average Bonchev–Trinajstić information content (AvgIpc) is 2.87. The normalized spacial score (nSPS) is 11.5. The van der Waals surface area contributed by atoms with E-state index >= 15 is 0 Å². The van der Waals surface area contributed by atoms with Crippen molar-refractivity contribution in [2.45, 2.75) is 71.6 Å². The summed E-state index contributed by atoms with van der Waals surface area (Å²) in [6.07, 6.45) is 11.3. The Balaban J connectivity index is 3.00. The van der Waals surface area contributed by atoms with Crippen molar-refractivity contribution < 1.29 is 37.9 Å². The van der Waals surface area contributed by atoms with E-state index in [9.17, 15) is 0 Å². The van der Waals surface area contributed by atoms with Crippen molar-refractivity contribution in [3.63, 3.8) is 0 Å². The zero-order chi connectivity index (χ0) is 25.3. The maximum atomic E-state index is 5.55. The summed E-state index contributed by atoms with van der Waals surface area (Å²) >= 11 is 0. The molecule has 0 aliphatic carbocycles. The summed E-state index contributed by atoms with van der Waals surface area (Å²) in [5, 5.41) is 0. The van der Waals surface area contributed by atoms with Gasteiger partial charge in [0, 0.05) is 13.2 Å². The molecule has 0 rings (SSSR count). The zero-order valence-corrected chi connectivity index (χ0v) is 22.9. The van der Waals surface area contributed by atoms with Crippen molar-refractivity contribution >= 4 is 0 Å².